The standard InChI is InChI=1S/C19H31N3O/c1-4-21(5-2)13-12-19(23)20-17-6-8-18(9-7-17)22-14-10-16(3)11-15-22/h6-9,16H,4-5,10-15H2,1-3H3,(H,20,23). The molecule has 1 aromatic carbocycles. The third-order valence-electron chi connectivity index (χ3n) is 4.85. The summed E-state index contributed by atoms with van der Waals surface area (Å²) >= 11 is 0. The van der Waals surface area contributed by atoms with Crippen molar-refractivity contribution in [1.82, 2.24) is 4.90 Å². The van der Waals surface area contributed by atoms with Crippen LogP contribution >= 0.6 is 0 Å². The molecule has 4 heteroatoms. The number of piperidine rings is 1. The van der Waals surface area contributed by atoms with Crippen molar-refractivity contribution in [1.29, 1.82) is 0 Å². The molecule has 0 unspecified atom stereocenters. The van der Waals surface area contributed by atoms with Crippen molar-refractivity contribution in [3.63, 3.8) is 0 Å². The molecular weight excluding hydrogens is 286 g/mol. The first-order valence-electron chi connectivity index (χ1n) is 8.99. The van der Waals surface area contributed by atoms with Gasteiger partial charge in [0.1, 0.15) is 0 Å². The SMILES string of the molecule is CCN(CC)CCC(=O)Nc1ccc(N2CCC(C)CC2)cc1. The average molecular weight is 317 g/mol. The molecule has 0 bridgehead atoms. The first-order valence-corrected chi connectivity index (χ1v) is 8.99. The van der Waals surface area contributed by atoms with Crippen molar-refractivity contribution >= 4 is 17.3 Å². The molecule has 1 aliphatic heterocycles. The second-order valence-corrected chi connectivity index (χ2v) is 6.54. The molecular formula is C19H31N3O. The zero-order chi connectivity index (χ0) is 16.7. The summed E-state index contributed by atoms with van der Waals surface area (Å²) in [6.07, 6.45) is 3.08. The lowest BCUT2D eigenvalue weighted by Gasteiger charge is -2.32. The molecule has 1 aliphatic rings. The summed E-state index contributed by atoms with van der Waals surface area (Å²) < 4.78 is 0. The van der Waals surface area contributed by atoms with Gasteiger partial charge in [0.15, 0.2) is 0 Å². The number of amides is 1. The number of anilines is 2. The summed E-state index contributed by atoms with van der Waals surface area (Å²) in [4.78, 5) is 16.7. The fraction of sp³-hybridized carbons (Fsp3) is 0.632. The van der Waals surface area contributed by atoms with Crippen molar-refractivity contribution in [2.24, 2.45) is 5.92 Å². The van der Waals surface area contributed by atoms with Crippen molar-refractivity contribution in [3.8, 4) is 0 Å². The first kappa shape index (κ1) is 17.8. The van der Waals surface area contributed by atoms with E-state index in [9.17, 15) is 4.79 Å². The maximum atomic E-state index is 12.0. The number of carbonyl (C=O) groups is 1. The van der Waals surface area contributed by atoms with E-state index in [2.05, 4.69) is 48.0 Å². The van der Waals surface area contributed by atoms with Crippen LogP contribution in [0.5, 0.6) is 0 Å². The summed E-state index contributed by atoms with van der Waals surface area (Å²) in [6, 6.07) is 8.28. The van der Waals surface area contributed by atoms with E-state index in [1.807, 2.05) is 12.1 Å². The highest BCUT2D eigenvalue weighted by molar-refractivity contribution is 5.91. The maximum absolute atomic E-state index is 12.0. The van der Waals surface area contributed by atoms with E-state index in [1.54, 1.807) is 0 Å². The highest BCUT2D eigenvalue weighted by atomic mass is 16.1. The third kappa shape index (κ3) is 5.54. The summed E-state index contributed by atoms with van der Waals surface area (Å²) in [5.74, 6) is 0.937. The molecule has 0 spiro atoms. The van der Waals surface area contributed by atoms with Crippen LogP contribution in [0.15, 0.2) is 24.3 Å². The molecule has 2 rings (SSSR count). The highest BCUT2D eigenvalue weighted by Gasteiger charge is 2.15. The Bertz CT molecular complexity index is 474. The first-order chi connectivity index (χ1) is 11.1. The monoisotopic (exact) mass is 317 g/mol. The van der Waals surface area contributed by atoms with Gasteiger partial charge in [-0.05, 0) is 56.1 Å². The Hall–Kier alpha value is -1.55. The lowest BCUT2D eigenvalue weighted by atomic mass is 9.99. The van der Waals surface area contributed by atoms with Gasteiger partial charge in [-0.2, -0.15) is 0 Å². The number of benzene rings is 1. The molecule has 23 heavy (non-hydrogen) atoms. The van der Waals surface area contributed by atoms with E-state index < -0.39 is 0 Å². The largest absolute Gasteiger partial charge is 0.372 e. The van der Waals surface area contributed by atoms with Crippen molar-refractivity contribution < 1.29 is 4.79 Å². The van der Waals surface area contributed by atoms with E-state index in [0.717, 1.165) is 44.3 Å². The fourth-order valence-corrected chi connectivity index (χ4v) is 3.05. The number of carbonyl (C=O) groups excluding carboxylic acids is 1. The van der Waals surface area contributed by atoms with Gasteiger partial charge < -0.3 is 15.1 Å². The predicted molar refractivity (Wildman–Crippen MR) is 98.1 cm³/mol. The molecule has 0 radical (unpaired) electrons. The van der Waals surface area contributed by atoms with Gasteiger partial charge in [0, 0.05) is 37.4 Å². The van der Waals surface area contributed by atoms with Crippen LogP contribution in [0, 0.1) is 5.92 Å². The van der Waals surface area contributed by atoms with Gasteiger partial charge in [-0.1, -0.05) is 20.8 Å². The van der Waals surface area contributed by atoms with Crippen LogP contribution in [0.4, 0.5) is 11.4 Å². The smallest absolute Gasteiger partial charge is 0.225 e. The van der Waals surface area contributed by atoms with E-state index in [-0.39, 0.29) is 5.91 Å². The van der Waals surface area contributed by atoms with Gasteiger partial charge in [-0.3, -0.25) is 4.79 Å². The quantitative estimate of drug-likeness (QED) is 0.835. The summed E-state index contributed by atoms with van der Waals surface area (Å²) in [5.41, 5.74) is 2.15. The maximum Gasteiger partial charge on any atom is 0.225 e. The second kappa shape index (κ2) is 8.92. The van der Waals surface area contributed by atoms with Gasteiger partial charge in [0.2, 0.25) is 5.91 Å². The van der Waals surface area contributed by atoms with E-state index >= 15 is 0 Å². The Kier molecular flexibility index (Phi) is 6.90. The summed E-state index contributed by atoms with van der Waals surface area (Å²) in [7, 11) is 0. The number of rotatable bonds is 7. The van der Waals surface area contributed by atoms with E-state index in [0.29, 0.717) is 6.42 Å². The molecule has 1 amide bonds. The lowest BCUT2D eigenvalue weighted by molar-refractivity contribution is -0.116. The molecule has 1 saturated heterocycles. The second-order valence-electron chi connectivity index (χ2n) is 6.54. The van der Waals surface area contributed by atoms with Gasteiger partial charge in [0.05, 0.1) is 0 Å². The fourth-order valence-electron chi connectivity index (χ4n) is 3.05. The molecule has 0 aliphatic carbocycles. The predicted octanol–water partition coefficient (Wildman–Crippen LogP) is 3.59. The van der Waals surface area contributed by atoms with Crippen molar-refractivity contribution in [2.75, 3.05) is 42.9 Å². The average Bonchev–Trinajstić information content (AvgIpc) is 2.57. The Morgan fingerprint density at radius 3 is 2.35 bits per heavy atom. The molecule has 128 valence electrons. The number of nitrogens with zero attached hydrogens (tertiary/aromatic N) is 2. The summed E-state index contributed by atoms with van der Waals surface area (Å²) in [5, 5.41) is 3.00. The Balaban J connectivity index is 1.81. The minimum Gasteiger partial charge on any atom is -0.372 e. The minimum absolute atomic E-state index is 0.0939. The van der Waals surface area contributed by atoms with Crippen LogP contribution in [-0.2, 0) is 4.79 Å². The van der Waals surface area contributed by atoms with Crippen LogP contribution in [-0.4, -0.2) is 43.5 Å². The third-order valence-corrected chi connectivity index (χ3v) is 4.85. The van der Waals surface area contributed by atoms with Crippen LogP contribution in [0.25, 0.3) is 0 Å². The van der Waals surface area contributed by atoms with Crippen LogP contribution in [0.3, 0.4) is 0 Å². The van der Waals surface area contributed by atoms with Crippen molar-refractivity contribution in [3.05, 3.63) is 24.3 Å². The van der Waals surface area contributed by atoms with Crippen molar-refractivity contribution in [2.45, 2.75) is 40.0 Å². The van der Waals surface area contributed by atoms with Gasteiger partial charge in [0.25, 0.3) is 0 Å². The lowest BCUT2D eigenvalue weighted by Crippen LogP contribution is -2.32. The number of hydrogen-bond donors (Lipinski definition) is 1. The zero-order valence-corrected chi connectivity index (χ0v) is 14.8. The topological polar surface area (TPSA) is 35.6 Å². The number of nitrogens with one attached hydrogen (secondary N) is 1. The molecule has 1 fully saturated rings. The summed E-state index contributed by atoms with van der Waals surface area (Å²) in [6.45, 7) is 11.7. The van der Waals surface area contributed by atoms with Gasteiger partial charge in [-0.25, -0.2) is 0 Å². The van der Waals surface area contributed by atoms with E-state index in [4.69, 9.17) is 0 Å². The van der Waals surface area contributed by atoms with Crippen LogP contribution in [0.2, 0.25) is 0 Å². The molecule has 0 atom stereocenters. The van der Waals surface area contributed by atoms with Crippen LogP contribution in [0.1, 0.15) is 40.0 Å². The Morgan fingerprint density at radius 1 is 1.17 bits per heavy atom. The Labute approximate surface area is 140 Å². The number of hydrogen-bond acceptors (Lipinski definition) is 3. The van der Waals surface area contributed by atoms with Gasteiger partial charge >= 0.3 is 0 Å². The minimum atomic E-state index is 0.0939. The highest BCUT2D eigenvalue weighted by Crippen LogP contribution is 2.24. The molecule has 0 aromatic heterocycles. The molecule has 4 nitrogen and oxygen atoms in total. The van der Waals surface area contributed by atoms with E-state index in [1.165, 1.54) is 18.5 Å². The molecule has 1 heterocycles. The molecule has 1 aromatic rings. The normalized spacial score (nSPS) is 15.9. The zero-order valence-electron chi connectivity index (χ0n) is 14.8. The molecule has 1 N–H and O–H groups in total. The Morgan fingerprint density at radius 2 is 1.78 bits per heavy atom. The van der Waals surface area contributed by atoms with Gasteiger partial charge in [-0.15, -0.1) is 0 Å². The van der Waals surface area contributed by atoms with Crippen LogP contribution < -0.4 is 10.2 Å². The molecule has 0 saturated carbocycles.